The Labute approximate surface area is 56.2 Å². The molecule has 9 heavy (non-hydrogen) atoms. The van der Waals surface area contributed by atoms with E-state index >= 15 is 0 Å². The molecule has 0 amide bonds. The monoisotopic (exact) mass is 126 g/mol. The van der Waals surface area contributed by atoms with E-state index in [1.54, 1.807) is 0 Å². The van der Waals surface area contributed by atoms with E-state index in [-0.39, 0.29) is 0 Å². The lowest BCUT2D eigenvalue weighted by atomic mass is 10.1. The van der Waals surface area contributed by atoms with Crippen LogP contribution in [0.25, 0.3) is 0 Å². The Hall–Kier alpha value is -0.530. The summed E-state index contributed by atoms with van der Waals surface area (Å²) in [6, 6.07) is 0.465. The molecule has 0 spiro atoms. The molecule has 0 aromatic carbocycles. The number of amidine groups is 1. The summed E-state index contributed by atoms with van der Waals surface area (Å²) in [4.78, 5) is 4.27. The van der Waals surface area contributed by atoms with E-state index in [0.29, 0.717) is 6.04 Å². The molecule has 0 bridgehead atoms. The second-order valence-corrected chi connectivity index (χ2v) is 2.72. The predicted octanol–water partition coefficient (Wildman–Crippen LogP) is 1.31. The van der Waals surface area contributed by atoms with Crippen molar-refractivity contribution in [1.82, 2.24) is 0 Å². The van der Waals surface area contributed by atoms with E-state index in [9.17, 15) is 0 Å². The van der Waals surface area contributed by atoms with Crippen molar-refractivity contribution < 1.29 is 0 Å². The van der Waals surface area contributed by atoms with Crippen molar-refractivity contribution in [2.24, 2.45) is 10.7 Å². The van der Waals surface area contributed by atoms with Gasteiger partial charge in [0.15, 0.2) is 0 Å². The number of aliphatic imine (C=N–C) groups is 1. The van der Waals surface area contributed by atoms with Crippen LogP contribution in [0.2, 0.25) is 0 Å². The Kier molecular flexibility index (Phi) is 2.09. The van der Waals surface area contributed by atoms with Crippen LogP contribution in [0.4, 0.5) is 0 Å². The van der Waals surface area contributed by atoms with E-state index in [2.05, 4.69) is 11.9 Å². The van der Waals surface area contributed by atoms with E-state index in [1.165, 1.54) is 19.3 Å². The van der Waals surface area contributed by atoms with E-state index < -0.39 is 0 Å². The van der Waals surface area contributed by atoms with Crippen molar-refractivity contribution in [2.45, 2.75) is 38.6 Å². The standard InChI is InChI=1S/C7H14N2/c1-6-4-2-3-5-7(8)9-6/h6H,2-5H2,1H3,(H2,8,9)/t6-/m0/s1. The molecule has 1 aliphatic heterocycles. The molecule has 0 fully saturated rings. The predicted molar refractivity (Wildman–Crippen MR) is 39.6 cm³/mol. The molecular formula is C7H14N2. The topological polar surface area (TPSA) is 38.4 Å². The Bertz CT molecular complexity index is 118. The van der Waals surface area contributed by atoms with Crippen molar-refractivity contribution in [3.63, 3.8) is 0 Å². The van der Waals surface area contributed by atoms with Crippen LogP contribution in [-0.4, -0.2) is 11.9 Å². The van der Waals surface area contributed by atoms with Crippen molar-refractivity contribution in [1.29, 1.82) is 0 Å². The van der Waals surface area contributed by atoms with Crippen LogP contribution >= 0.6 is 0 Å². The maximum atomic E-state index is 5.58. The molecule has 0 aliphatic carbocycles. The Morgan fingerprint density at radius 2 is 2.33 bits per heavy atom. The highest BCUT2D eigenvalue weighted by Gasteiger charge is 2.05. The van der Waals surface area contributed by atoms with Gasteiger partial charge in [-0.25, -0.2) is 0 Å². The summed E-state index contributed by atoms with van der Waals surface area (Å²) in [5, 5.41) is 0. The first kappa shape index (κ1) is 6.59. The van der Waals surface area contributed by atoms with E-state index in [0.717, 1.165) is 12.3 Å². The van der Waals surface area contributed by atoms with Crippen LogP contribution in [0.1, 0.15) is 32.6 Å². The summed E-state index contributed by atoms with van der Waals surface area (Å²) in [7, 11) is 0. The Morgan fingerprint density at radius 3 is 3.11 bits per heavy atom. The van der Waals surface area contributed by atoms with Gasteiger partial charge in [-0.3, -0.25) is 4.99 Å². The highest BCUT2D eigenvalue weighted by atomic mass is 14.9. The first-order chi connectivity index (χ1) is 4.29. The number of hydrogen-bond donors (Lipinski definition) is 1. The fraction of sp³-hybridized carbons (Fsp3) is 0.857. The largest absolute Gasteiger partial charge is 0.387 e. The SMILES string of the molecule is C[C@H]1CCCCC(N)=N1. The van der Waals surface area contributed by atoms with Gasteiger partial charge in [0, 0.05) is 12.5 Å². The maximum Gasteiger partial charge on any atom is 0.0940 e. The molecule has 0 aromatic heterocycles. The third-order valence-electron chi connectivity index (χ3n) is 1.69. The zero-order valence-electron chi connectivity index (χ0n) is 5.93. The normalized spacial score (nSPS) is 29.0. The van der Waals surface area contributed by atoms with E-state index in [4.69, 9.17) is 5.73 Å². The highest BCUT2D eigenvalue weighted by Crippen LogP contribution is 2.10. The van der Waals surface area contributed by atoms with E-state index in [1.807, 2.05) is 0 Å². The molecular weight excluding hydrogens is 112 g/mol. The second-order valence-electron chi connectivity index (χ2n) is 2.72. The van der Waals surface area contributed by atoms with Crippen LogP contribution in [0.3, 0.4) is 0 Å². The molecule has 0 saturated heterocycles. The highest BCUT2D eigenvalue weighted by molar-refractivity contribution is 5.80. The van der Waals surface area contributed by atoms with Crippen LogP contribution in [0.5, 0.6) is 0 Å². The molecule has 2 nitrogen and oxygen atoms in total. The van der Waals surface area contributed by atoms with Gasteiger partial charge in [-0.15, -0.1) is 0 Å². The first-order valence-corrected chi connectivity index (χ1v) is 3.61. The number of hydrogen-bond acceptors (Lipinski definition) is 2. The average molecular weight is 126 g/mol. The molecule has 1 atom stereocenters. The molecule has 1 aliphatic rings. The molecule has 1 rings (SSSR count). The molecule has 0 saturated carbocycles. The lowest BCUT2D eigenvalue weighted by Crippen LogP contribution is -2.12. The zero-order valence-corrected chi connectivity index (χ0v) is 5.93. The smallest absolute Gasteiger partial charge is 0.0940 e. The Morgan fingerprint density at radius 1 is 1.56 bits per heavy atom. The fourth-order valence-electron chi connectivity index (χ4n) is 1.16. The average Bonchev–Trinajstić information content (AvgIpc) is 1.93. The van der Waals surface area contributed by atoms with Gasteiger partial charge >= 0.3 is 0 Å². The fourth-order valence-corrected chi connectivity index (χ4v) is 1.16. The third kappa shape index (κ3) is 2.04. The first-order valence-electron chi connectivity index (χ1n) is 3.61. The van der Waals surface area contributed by atoms with Crippen molar-refractivity contribution in [3.05, 3.63) is 0 Å². The van der Waals surface area contributed by atoms with Gasteiger partial charge in [-0.2, -0.15) is 0 Å². The van der Waals surface area contributed by atoms with Gasteiger partial charge in [-0.1, -0.05) is 6.42 Å². The minimum absolute atomic E-state index is 0.465. The summed E-state index contributed by atoms with van der Waals surface area (Å²) in [6.45, 7) is 2.12. The molecule has 0 aromatic rings. The summed E-state index contributed by atoms with van der Waals surface area (Å²) in [5.41, 5.74) is 5.58. The van der Waals surface area contributed by atoms with Gasteiger partial charge < -0.3 is 5.73 Å². The number of nitrogens with two attached hydrogens (primary N) is 1. The van der Waals surface area contributed by atoms with Crippen LogP contribution in [0, 0.1) is 0 Å². The number of nitrogens with zero attached hydrogens (tertiary/aromatic N) is 1. The summed E-state index contributed by atoms with van der Waals surface area (Å²) in [6.07, 6.45) is 4.72. The van der Waals surface area contributed by atoms with Crippen LogP contribution in [-0.2, 0) is 0 Å². The summed E-state index contributed by atoms with van der Waals surface area (Å²) >= 11 is 0. The van der Waals surface area contributed by atoms with Gasteiger partial charge in [-0.05, 0) is 19.8 Å². The quantitative estimate of drug-likeness (QED) is 0.522. The Balaban J connectivity index is 2.49. The van der Waals surface area contributed by atoms with Crippen molar-refractivity contribution in [3.8, 4) is 0 Å². The van der Waals surface area contributed by atoms with Crippen LogP contribution in [0.15, 0.2) is 4.99 Å². The molecule has 2 N–H and O–H groups in total. The van der Waals surface area contributed by atoms with Gasteiger partial charge in [0.1, 0.15) is 0 Å². The minimum atomic E-state index is 0.465. The minimum Gasteiger partial charge on any atom is -0.387 e. The van der Waals surface area contributed by atoms with Gasteiger partial charge in [0.2, 0.25) is 0 Å². The third-order valence-corrected chi connectivity index (χ3v) is 1.69. The second kappa shape index (κ2) is 2.85. The van der Waals surface area contributed by atoms with Crippen molar-refractivity contribution in [2.75, 3.05) is 0 Å². The summed E-state index contributed by atoms with van der Waals surface area (Å²) in [5.74, 6) is 0.847. The molecule has 1 heterocycles. The molecule has 2 heteroatoms. The molecule has 52 valence electrons. The molecule has 0 radical (unpaired) electrons. The van der Waals surface area contributed by atoms with Gasteiger partial charge in [0.05, 0.1) is 5.84 Å². The number of rotatable bonds is 0. The lowest BCUT2D eigenvalue weighted by Gasteiger charge is -1.99. The zero-order chi connectivity index (χ0) is 6.69. The molecule has 0 unspecified atom stereocenters. The maximum absolute atomic E-state index is 5.58. The van der Waals surface area contributed by atoms with Crippen LogP contribution < -0.4 is 5.73 Å². The van der Waals surface area contributed by atoms with Crippen molar-refractivity contribution >= 4 is 5.84 Å². The van der Waals surface area contributed by atoms with Gasteiger partial charge in [0.25, 0.3) is 0 Å². The summed E-state index contributed by atoms with van der Waals surface area (Å²) < 4.78 is 0. The lowest BCUT2D eigenvalue weighted by molar-refractivity contribution is 0.630.